The Kier molecular flexibility index (Phi) is 7.79. The van der Waals surface area contributed by atoms with Gasteiger partial charge in [0, 0.05) is 32.6 Å². The quantitative estimate of drug-likeness (QED) is 0.669. The topological polar surface area (TPSA) is 77.5 Å². The molecule has 2 fully saturated rings. The maximum absolute atomic E-state index is 12.8. The number of benzene rings is 1. The van der Waals surface area contributed by atoms with Crippen molar-refractivity contribution in [1.82, 2.24) is 9.80 Å². The fourth-order valence-electron chi connectivity index (χ4n) is 4.14. The fourth-order valence-corrected chi connectivity index (χ4v) is 4.14. The number of hydrogen-bond acceptors (Lipinski definition) is 6. The van der Waals surface area contributed by atoms with E-state index >= 15 is 0 Å². The normalized spacial score (nSPS) is 19.4. The molecule has 0 aliphatic carbocycles. The van der Waals surface area contributed by atoms with E-state index in [1.165, 1.54) is 0 Å². The molecule has 0 bridgehead atoms. The summed E-state index contributed by atoms with van der Waals surface area (Å²) in [7, 11) is 4.71. The third-order valence-corrected chi connectivity index (χ3v) is 5.80. The van der Waals surface area contributed by atoms with Gasteiger partial charge in [0.15, 0.2) is 11.5 Å². The molecule has 2 aliphatic rings. The Bertz CT molecular complexity index is 722. The van der Waals surface area contributed by atoms with E-state index in [0.717, 1.165) is 18.4 Å². The molecule has 3 rings (SSSR count). The second-order valence-corrected chi connectivity index (χ2v) is 7.65. The Balaban J connectivity index is 1.58. The number of piperidine rings is 1. The summed E-state index contributed by atoms with van der Waals surface area (Å²) in [6, 6.07) is 3.74. The van der Waals surface area contributed by atoms with Gasteiger partial charge in [-0.3, -0.25) is 9.59 Å². The van der Waals surface area contributed by atoms with Gasteiger partial charge >= 0.3 is 0 Å². The molecule has 0 saturated carbocycles. The average Bonchev–Trinajstić information content (AvgIpc) is 2.81. The van der Waals surface area contributed by atoms with Gasteiger partial charge in [-0.1, -0.05) is 0 Å². The summed E-state index contributed by atoms with van der Waals surface area (Å²) in [5.74, 6) is 1.81. The largest absolute Gasteiger partial charge is 0.493 e. The molecule has 0 spiro atoms. The monoisotopic (exact) mass is 420 g/mol. The highest BCUT2D eigenvalue weighted by atomic mass is 16.5. The van der Waals surface area contributed by atoms with Crippen molar-refractivity contribution in [2.24, 2.45) is 5.92 Å². The van der Waals surface area contributed by atoms with Crippen LogP contribution in [-0.4, -0.2) is 82.3 Å². The zero-order valence-electron chi connectivity index (χ0n) is 18.1. The first kappa shape index (κ1) is 22.2. The van der Waals surface area contributed by atoms with Crippen LogP contribution in [0.2, 0.25) is 0 Å². The highest BCUT2D eigenvalue weighted by Gasteiger charge is 2.31. The third kappa shape index (κ3) is 5.16. The zero-order valence-corrected chi connectivity index (χ0v) is 18.1. The highest BCUT2D eigenvalue weighted by Crippen LogP contribution is 2.38. The summed E-state index contributed by atoms with van der Waals surface area (Å²) in [4.78, 5) is 29.3. The van der Waals surface area contributed by atoms with Crippen LogP contribution >= 0.6 is 0 Å². The van der Waals surface area contributed by atoms with E-state index in [2.05, 4.69) is 0 Å². The van der Waals surface area contributed by atoms with Crippen molar-refractivity contribution in [2.75, 3.05) is 60.7 Å². The number of hydrogen-bond donors (Lipinski definition) is 0. The van der Waals surface area contributed by atoms with Gasteiger partial charge in [-0.25, -0.2) is 0 Å². The lowest BCUT2D eigenvalue weighted by Crippen LogP contribution is -2.49. The molecular formula is C22H32N2O6. The van der Waals surface area contributed by atoms with Crippen LogP contribution < -0.4 is 14.2 Å². The van der Waals surface area contributed by atoms with E-state index in [1.807, 2.05) is 21.9 Å². The predicted molar refractivity (Wildman–Crippen MR) is 111 cm³/mol. The second-order valence-electron chi connectivity index (χ2n) is 7.65. The molecule has 0 aromatic heterocycles. The number of likely N-dealkylation sites (tertiary alicyclic amines) is 1. The molecule has 2 heterocycles. The van der Waals surface area contributed by atoms with E-state index in [9.17, 15) is 9.59 Å². The number of morpholine rings is 1. The summed E-state index contributed by atoms with van der Waals surface area (Å²) in [5.41, 5.74) is 0.941. The third-order valence-electron chi connectivity index (χ3n) is 5.80. The standard InChI is InChI=1S/C22H32N2O6/c1-27-18-13-16(14-19(28-2)21(18)29-3)6-7-20(25)24-8-4-5-17(15-24)22(26)23-9-11-30-12-10-23/h13-14,17H,4-12,15H2,1-3H3. The van der Waals surface area contributed by atoms with E-state index in [-0.39, 0.29) is 17.7 Å². The van der Waals surface area contributed by atoms with Gasteiger partial charge in [-0.15, -0.1) is 0 Å². The molecule has 1 unspecified atom stereocenters. The minimum absolute atomic E-state index is 0.0724. The van der Waals surface area contributed by atoms with Gasteiger partial charge in [-0.05, 0) is 37.0 Å². The molecule has 2 aliphatic heterocycles. The molecular weight excluding hydrogens is 388 g/mol. The number of rotatable bonds is 7. The van der Waals surface area contributed by atoms with Crippen molar-refractivity contribution in [3.8, 4) is 17.2 Å². The van der Waals surface area contributed by atoms with E-state index < -0.39 is 0 Å². The molecule has 1 atom stereocenters. The van der Waals surface area contributed by atoms with Crippen molar-refractivity contribution in [1.29, 1.82) is 0 Å². The van der Waals surface area contributed by atoms with Gasteiger partial charge in [0.05, 0.1) is 40.5 Å². The van der Waals surface area contributed by atoms with Crippen LogP contribution in [0.25, 0.3) is 0 Å². The minimum Gasteiger partial charge on any atom is -0.493 e. The highest BCUT2D eigenvalue weighted by molar-refractivity contribution is 5.81. The van der Waals surface area contributed by atoms with Crippen LogP contribution in [0.5, 0.6) is 17.2 Å². The van der Waals surface area contributed by atoms with E-state index in [0.29, 0.717) is 69.5 Å². The van der Waals surface area contributed by atoms with Crippen LogP contribution in [0.15, 0.2) is 12.1 Å². The van der Waals surface area contributed by atoms with Crippen molar-refractivity contribution in [3.05, 3.63) is 17.7 Å². The van der Waals surface area contributed by atoms with Crippen molar-refractivity contribution in [2.45, 2.75) is 25.7 Å². The molecule has 2 amide bonds. The Hall–Kier alpha value is -2.48. The molecule has 30 heavy (non-hydrogen) atoms. The number of methoxy groups -OCH3 is 3. The summed E-state index contributed by atoms with van der Waals surface area (Å²) in [5, 5.41) is 0. The van der Waals surface area contributed by atoms with Crippen molar-refractivity contribution < 1.29 is 28.5 Å². The molecule has 2 saturated heterocycles. The minimum atomic E-state index is -0.109. The summed E-state index contributed by atoms with van der Waals surface area (Å²) < 4.78 is 21.5. The van der Waals surface area contributed by atoms with Crippen LogP contribution in [0, 0.1) is 5.92 Å². The van der Waals surface area contributed by atoms with Crippen LogP contribution in [0.3, 0.4) is 0 Å². The van der Waals surface area contributed by atoms with Crippen molar-refractivity contribution >= 4 is 11.8 Å². The van der Waals surface area contributed by atoms with Gasteiger partial charge in [0.1, 0.15) is 0 Å². The number of nitrogens with zero attached hydrogens (tertiary/aromatic N) is 2. The number of carbonyl (C=O) groups excluding carboxylic acids is 2. The first-order valence-electron chi connectivity index (χ1n) is 10.5. The average molecular weight is 421 g/mol. The smallest absolute Gasteiger partial charge is 0.227 e. The van der Waals surface area contributed by atoms with Crippen molar-refractivity contribution in [3.63, 3.8) is 0 Å². The molecule has 1 aromatic rings. The van der Waals surface area contributed by atoms with Gasteiger partial charge in [0.2, 0.25) is 17.6 Å². The van der Waals surface area contributed by atoms with Crippen LogP contribution in [-0.2, 0) is 20.7 Å². The Morgan fingerprint density at radius 2 is 1.67 bits per heavy atom. The van der Waals surface area contributed by atoms with Crippen LogP contribution in [0.1, 0.15) is 24.8 Å². The number of carbonyl (C=O) groups is 2. The lowest BCUT2D eigenvalue weighted by Gasteiger charge is -2.36. The van der Waals surface area contributed by atoms with E-state index in [4.69, 9.17) is 18.9 Å². The lowest BCUT2D eigenvalue weighted by atomic mass is 9.95. The summed E-state index contributed by atoms with van der Waals surface area (Å²) >= 11 is 0. The molecule has 1 aromatic carbocycles. The molecule has 8 nitrogen and oxygen atoms in total. The number of ether oxygens (including phenoxy) is 4. The maximum Gasteiger partial charge on any atom is 0.227 e. The first-order chi connectivity index (χ1) is 14.6. The first-order valence-corrected chi connectivity index (χ1v) is 10.5. The van der Waals surface area contributed by atoms with Crippen LogP contribution in [0.4, 0.5) is 0 Å². The lowest BCUT2D eigenvalue weighted by molar-refractivity contribution is -0.144. The zero-order chi connectivity index (χ0) is 21.5. The maximum atomic E-state index is 12.8. The number of aryl methyl sites for hydroxylation is 1. The van der Waals surface area contributed by atoms with Gasteiger partial charge in [0.25, 0.3) is 0 Å². The molecule has 166 valence electrons. The second kappa shape index (κ2) is 10.5. The summed E-state index contributed by atoms with van der Waals surface area (Å²) in [6.45, 7) is 3.69. The molecule has 8 heteroatoms. The Labute approximate surface area is 178 Å². The van der Waals surface area contributed by atoms with E-state index in [1.54, 1.807) is 21.3 Å². The number of amides is 2. The molecule has 0 N–H and O–H groups in total. The van der Waals surface area contributed by atoms with Gasteiger partial charge in [-0.2, -0.15) is 0 Å². The predicted octanol–water partition coefficient (Wildman–Crippen LogP) is 1.74. The fraction of sp³-hybridized carbons (Fsp3) is 0.636. The van der Waals surface area contributed by atoms with Gasteiger partial charge < -0.3 is 28.7 Å². The Morgan fingerprint density at radius 1 is 1.00 bits per heavy atom. The SMILES string of the molecule is COc1cc(CCC(=O)N2CCCC(C(=O)N3CCOCC3)C2)cc(OC)c1OC. The summed E-state index contributed by atoms with van der Waals surface area (Å²) in [6.07, 6.45) is 2.63. The Morgan fingerprint density at radius 3 is 2.27 bits per heavy atom. The molecule has 0 radical (unpaired) electrons.